The fourth-order valence-electron chi connectivity index (χ4n) is 9.27. The van der Waals surface area contributed by atoms with E-state index in [-0.39, 0.29) is 10.8 Å². The number of nitrogens with one attached hydrogen (secondary N) is 1. The second-order valence-electron chi connectivity index (χ2n) is 13.6. The lowest BCUT2D eigenvalue weighted by Crippen LogP contribution is -2.51. The van der Waals surface area contributed by atoms with Gasteiger partial charge < -0.3 is 0 Å². The molecule has 0 radical (unpaired) electrons. The monoisotopic (exact) mass is 591 g/mol. The number of carbonyl (C=O) groups excluding carboxylic acids is 1. The van der Waals surface area contributed by atoms with Gasteiger partial charge in [0.25, 0.3) is 0 Å². The van der Waals surface area contributed by atoms with Crippen molar-refractivity contribution in [3.63, 3.8) is 0 Å². The molecule has 4 aliphatic rings. The normalized spacial score (nSPS) is 32.2. The van der Waals surface area contributed by atoms with E-state index in [1.807, 2.05) is 54.6 Å². The summed E-state index contributed by atoms with van der Waals surface area (Å²) in [5.74, 6) is 3.00. The molecule has 0 saturated heterocycles. The predicted octanol–water partition coefficient (Wildman–Crippen LogP) is 10.2. The zero-order valence-electron chi connectivity index (χ0n) is 25.4. The third-order valence-electron chi connectivity index (χ3n) is 11.5. The molecule has 2 aromatic carbocycles. The fraction of sp³-hybridized carbons (Fsp3) is 0.472. The number of hydrogen-bond acceptors (Lipinski definition) is 7. The largest absolute Gasteiger partial charge is 0.295 e. The van der Waals surface area contributed by atoms with Gasteiger partial charge in [-0.25, -0.2) is 4.98 Å². The Hall–Kier alpha value is -3.45. The van der Waals surface area contributed by atoms with Crippen molar-refractivity contribution in [2.24, 2.45) is 49.8 Å². The summed E-state index contributed by atoms with van der Waals surface area (Å²) >= 11 is 1.49. The Bertz CT molecular complexity index is 1590. The first kappa shape index (κ1) is 28.3. The van der Waals surface area contributed by atoms with Crippen molar-refractivity contribution >= 4 is 38.7 Å². The van der Waals surface area contributed by atoms with Gasteiger partial charge in [-0.2, -0.15) is 5.10 Å². The number of carbonyl (C=O) groups is 1. The van der Waals surface area contributed by atoms with Crippen molar-refractivity contribution in [1.82, 2.24) is 4.98 Å². The molecule has 1 N–H and O–H groups in total. The summed E-state index contributed by atoms with van der Waals surface area (Å²) in [7, 11) is 0. The van der Waals surface area contributed by atoms with Crippen LogP contribution in [-0.4, -0.2) is 16.5 Å². The number of ketones is 1. The lowest BCUT2D eigenvalue weighted by molar-refractivity contribution is -0.117. The minimum absolute atomic E-state index is 0.220. The van der Waals surface area contributed by atoms with Gasteiger partial charge in [-0.1, -0.05) is 79.3 Å². The number of thiazole rings is 1. The molecule has 222 valence electrons. The smallest absolute Gasteiger partial charge is 0.206 e. The van der Waals surface area contributed by atoms with Gasteiger partial charge in [0, 0.05) is 23.6 Å². The quantitative estimate of drug-likeness (QED) is 0.176. The van der Waals surface area contributed by atoms with Gasteiger partial charge in [0.2, 0.25) is 5.13 Å². The van der Waals surface area contributed by atoms with Crippen LogP contribution in [0.5, 0.6) is 0 Å². The molecule has 6 atom stereocenters. The van der Waals surface area contributed by atoms with E-state index in [9.17, 15) is 4.79 Å². The fourth-order valence-corrected chi connectivity index (χ4v) is 10.0. The number of anilines is 1. The first-order valence-corrected chi connectivity index (χ1v) is 16.7. The van der Waals surface area contributed by atoms with E-state index in [1.54, 1.807) is 0 Å². The van der Waals surface area contributed by atoms with Crippen molar-refractivity contribution < 1.29 is 4.79 Å². The van der Waals surface area contributed by atoms with E-state index in [2.05, 4.69) is 48.6 Å². The summed E-state index contributed by atoms with van der Waals surface area (Å²) < 4.78 is 0. The first-order valence-electron chi connectivity index (χ1n) is 15.9. The third-order valence-corrected chi connectivity index (χ3v) is 12.3. The number of fused-ring (bicyclic) bond motifs is 5. The number of nitrogens with zero attached hydrogens (tertiary/aromatic N) is 4. The molecular weight excluding hydrogens is 550 g/mol. The average molecular weight is 592 g/mol. The van der Waals surface area contributed by atoms with Crippen molar-refractivity contribution in [3.8, 4) is 11.3 Å². The van der Waals surface area contributed by atoms with E-state index < -0.39 is 0 Å². The van der Waals surface area contributed by atoms with Crippen LogP contribution in [0.2, 0.25) is 0 Å². The summed E-state index contributed by atoms with van der Waals surface area (Å²) in [6.07, 6.45) is 11.1. The zero-order valence-corrected chi connectivity index (χ0v) is 26.2. The van der Waals surface area contributed by atoms with Crippen LogP contribution in [0.1, 0.15) is 72.1 Å². The van der Waals surface area contributed by atoms with E-state index in [0.717, 1.165) is 58.2 Å². The Labute approximate surface area is 258 Å². The van der Waals surface area contributed by atoms with Crippen molar-refractivity contribution in [1.29, 1.82) is 0 Å². The number of aromatic nitrogens is 1. The summed E-state index contributed by atoms with van der Waals surface area (Å²) in [6.45, 7) is 7.22. The molecule has 0 amide bonds. The molecule has 0 bridgehead atoms. The SMILES string of the molecule is C/C(=N/Nc1nc(-c2ccccc2)c(N=Nc2ccccc2)s1)[C@H]1CC[C@H]2[C@@H]3CCC4=CC(=O)CC[C@]4(C)[C@H]3CC[C@]12C. The highest BCUT2D eigenvalue weighted by Crippen LogP contribution is 2.66. The summed E-state index contributed by atoms with van der Waals surface area (Å²) in [5, 5.41) is 15.5. The van der Waals surface area contributed by atoms with Crippen molar-refractivity contribution in [2.45, 2.75) is 72.1 Å². The molecule has 0 spiro atoms. The highest BCUT2D eigenvalue weighted by molar-refractivity contribution is 7.19. The minimum atomic E-state index is 0.220. The molecule has 3 saturated carbocycles. The van der Waals surface area contributed by atoms with Gasteiger partial charge in [0.05, 0.1) is 5.69 Å². The molecule has 43 heavy (non-hydrogen) atoms. The molecule has 0 aliphatic heterocycles. The Morgan fingerprint density at radius 1 is 0.907 bits per heavy atom. The maximum absolute atomic E-state index is 12.2. The minimum Gasteiger partial charge on any atom is -0.295 e. The van der Waals surface area contributed by atoms with E-state index >= 15 is 0 Å². The first-order chi connectivity index (χ1) is 20.8. The van der Waals surface area contributed by atoms with Gasteiger partial charge in [0.15, 0.2) is 10.8 Å². The second-order valence-corrected chi connectivity index (χ2v) is 14.6. The van der Waals surface area contributed by atoms with E-state index in [4.69, 9.17) is 10.1 Å². The topological polar surface area (TPSA) is 79.1 Å². The molecule has 7 rings (SSSR count). The number of hydrogen-bond donors (Lipinski definition) is 1. The molecular formula is C36H41N5OS. The maximum atomic E-state index is 12.2. The molecule has 1 heterocycles. The van der Waals surface area contributed by atoms with Crippen LogP contribution < -0.4 is 5.43 Å². The number of azo groups is 1. The predicted molar refractivity (Wildman–Crippen MR) is 175 cm³/mol. The van der Waals surface area contributed by atoms with E-state index in [1.165, 1.54) is 54.7 Å². The van der Waals surface area contributed by atoms with Gasteiger partial charge in [0.1, 0.15) is 5.69 Å². The zero-order chi connectivity index (χ0) is 29.6. The number of allylic oxidation sites excluding steroid dienone is 1. The highest BCUT2D eigenvalue weighted by Gasteiger charge is 2.59. The molecule has 6 nitrogen and oxygen atoms in total. The molecule has 4 aliphatic carbocycles. The van der Waals surface area contributed by atoms with Crippen molar-refractivity contribution in [3.05, 3.63) is 72.3 Å². The number of benzene rings is 2. The third kappa shape index (κ3) is 5.09. The number of hydrazone groups is 1. The van der Waals surface area contributed by atoms with Gasteiger partial charge >= 0.3 is 0 Å². The molecule has 3 fully saturated rings. The Balaban J connectivity index is 1.10. The maximum Gasteiger partial charge on any atom is 0.206 e. The molecule has 3 aromatic rings. The second kappa shape index (κ2) is 11.2. The van der Waals surface area contributed by atoms with Crippen LogP contribution in [0.25, 0.3) is 11.3 Å². The van der Waals surface area contributed by atoms with Crippen LogP contribution in [0.3, 0.4) is 0 Å². The molecule has 0 unspecified atom stereocenters. The van der Waals surface area contributed by atoms with E-state index in [0.29, 0.717) is 17.6 Å². The molecule has 1 aromatic heterocycles. The van der Waals surface area contributed by atoms with Crippen LogP contribution >= 0.6 is 11.3 Å². The molecule has 7 heteroatoms. The lowest BCUT2D eigenvalue weighted by Gasteiger charge is -2.58. The summed E-state index contributed by atoms with van der Waals surface area (Å²) in [5.41, 5.74) is 9.08. The Morgan fingerprint density at radius 2 is 1.67 bits per heavy atom. The van der Waals surface area contributed by atoms with Gasteiger partial charge in [-0.3, -0.25) is 10.2 Å². The highest BCUT2D eigenvalue weighted by atomic mass is 32.1. The standard InChI is InChI=1S/C36H41N5OS/c1-23(29-16-17-30-28-15-14-25-22-27(42)18-20-35(25,2)31(28)19-21-36(29,30)3)38-41-34-37-32(24-10-6-4-7-11-24)33(43-34)40-39-26-12-8-5-9-13-26/h4-13,22,28-31H,14-21H2,1-3H3,(H,37,41)/b38-23-,40-39?/t28-,29+,30-,31-,35-,36+/m0/s1. The van der Waals surface area contributed by atoms with Crippen molar-refractivity contribution in [2.75, 3.05) is 5.43 Å². The summed E-state index contributed by atoms with van der Waals surface area (Å²) in [4.78, 5) is 17.1. The van der Waals surface area contributed by atoms with Crippen LogP contribution in [0.15, 0.2) is 87.6 Å². The Kier molecular flexibility index (Phi) is 7.40. The van der Waals surface area contributed by atoms with Crippen LogP contribution in [0.4, 0.5) is 15.8 Å². The summed E-state index contributed by atoms with van der Waals surface area (Å²) in [6, 6.07) is 20.0. The van der Waals surface area contributed by atoms with Gasteiger partial charge in [-0.15, -0.1) is 10.2 Å². The van der Waals surface area contributed by atoms with Crippen LogP contribution in [-0.2, 0) is 4.79 Å². The van der Waals surface area contributed by atoms with Gasteiger partial charge in [-0.05, 0) is 98.7 Å². The van der Waals surface area contributed by atoms with Crippen LogP contribution in [0, 0.1) is 34.5 Å². The Morgan fingerprint density at radius 3 is 2.47 bits per heavy atom. The number of rotatable bonds is 6. The average Bonchev–Trinajstić information content (AvgIpc) is 3.61. The lowest BCUT2D eigenvalue weighted by atomic mass is 9.46.